The molecule has 13 heavy (non-hydrogen) atoms. The summed E-state index contributed by atoms with van der Waals surface area (Å²) < 4.78 is 0. The largest absolute Gasteiger partial charge is 0.566 e. The van der Waals surface area contributed by atoms with Crippen molar-refractivity contribution in [3.8, 4) is 0 Å². The van der Waals surface area contributed by atoms with Gasteiger partial charge in [0.05, 0.1) is 5.94 Å². The first-order valence-electron chi connectivity index (χ1n) is 3.88. The van der Waals surface area contributed by atoms with E-state index in [-0.39, 0.29) is 49.7 Å². The molecule has 0 aliphatic carbocycles. The van der Waals surface area contributed by atoms with Gasteiger partial charge in [-0.1, -0.05) is 6.42 Å². The number of thioether (sulfide) groups is 1. The van der Waals surface area contributed by atoms with Crippen molar-refractivity contribution in [2.75, 3.05) is 5.94 Å². The van der Waals surface area contributed by atoms with Gasteiger partial charge in [-0.25, -0.2) is 6.61 Å². The molecule has 0 aromatic carbocycles. The molecule has 3 nitrogen and oxygen atoms in total. The smallest absolute Gasteiger partial charge is 0.130 e. The molecule has 0 amide bonds. The van der Waals surface area contributed by atoms with Crippen molar-refractivity contribution < 1.29 is 47.7 Å². The number of rotatable bonds is 7. The van der Waals surface area contributed by atoms with Gasteiger partial charge in [-0.05, 0) is 6.92 Å². The van der Waals surface area contributed by atoms with Crippen LogP contribution in [0, 0.1) is 6.61 Å². The Hall–Kier alpha value is 1.04. The number of ketones is 1. The van der Waals surface area contributed by atoms with Gasteiger partial charge in [0.25, 0.3) is 0 Å². The van der Waals surface area contributed by atoms with Gasteiger partial charge in [-0.3, -0.25) is 4.79 Å². The average Bonchev–Trinajstić information content (AvgIpc) is 2.00. The molecule has 0 spiro atoms. The van der Waals surface area contributed by atoms with Gasteiger partial charge in [0.15, 0.2) is 0 Å². The van der Waals surface area contributed by atoms with Crippen LogP contribution in [0.3, 0.4) is 0 Å². The first kappa shape index (κ1) is 16.5. The van der Waals surface area contributed by atoms with Gasteiger partial charge in [-0.15, -0.1) is 11.8 Å². The van der Waals surface area contributed by atoms with Crippen LogP contribution in [0.4, 0.5) is 0 Å². The summed E-state index contributed by atoms with van der Waals surface area (Å²) in [5.41, 5.74) is 0. The third-order valence-electron chi connectivity index (χ3n) is 1.44. The minimum Gasteiger partial charge on any atom is -0.566 e. The van der Waals surface area contributed by atoms with Crippen molar-refractivity contribution in [3.63, 3.8) is 0 Å². The van der Waals surface area contributed by atoms with Gasteiger partial charge >= 0.3 is 0 Å². The molecule has 0 saturated carbocycles. The second-order valence-corrected chi connectivity index (χ2v) is 3.84. The minimum absolute atomic E-state index is 0. The number of aliphatic hydroxyl groups excluding tert-OH is 2. The topological polar surface area (TPSA) is 57.5 Å². The molecule has 0 fully saturated rings. The molecule has 0 aromatic heterocycles. The van der Waals surface area contributed by atoms with Crippen molar-refractivity contribution in [2.24, 2.45) is 0 Å². The van der Waals surface area contributed by atoms with Crippen LogP contribution >= 0.6 is 11.8 Å². The molecular weight excluding hydrogens is 265 g/mol. The van der Waals surface area contributed by atoms with E-state index in [1.807, 2.05) is 0 Å². The Balaban J connectivity index is 0. The predicted octanol–water partition coefficient (Wildman–Crippen LogP) is 1.33. The maximum Gasteiger partial charge on any atom is 0.130 e. The van der Waals surface area contributed by atoms with Crippen LogP contribution in [0.1, 0.15) is 26.2 Å². The standard InChI is InChI=1S/C8H15O3S.Y/c1-7(11)5-8(12-6-10)3-2-4-9;/h4,8-10H,2-3,5-6H2,1H3;/q-1;. The van der Waals surface area contributed by atoms with Gasteiger partial charge in [0.2, 0.25) is 0 Å². The first-order chi connectivity index (χ1) is 5.70. The number of carbonyl (C=O) groups is 1. The number of hydrogen-bond donors (Lipinski definition) is 2. The van der Waals surface area contributed by atoms with E-state index in [1.54, 1.807) is 0 Å². The van der Waals surface area contributed by atoms with Gasteiger partial charge in [-0.2, -0.15) is 6.42 Å². The normalized spacial score (nSPS) is 11.9. The Bertz CT molecular complexity index is 133. The van der Waals surface area contributed by atoms with E-state index in [9.17, 15) is 4.79 Å². The number of Topliss-reactive ketones (excluding diaryl/α,β-unsaturated/α-hetero) is 1. The Morgan fingerprint density at radius 2 is 2.23 bits per heavy atom. The molecule has 0 aliphatic heterocycles. The number of hydrogen-bond acceptors (Lipinski definition) is 4. The predicted molar refractivity (Wildman–Crippen MR) is 49.2 cm³/mol. The molecule has 0 aromatic rings. The van der Waals surface area contributed by atoms with Gasteiger partial charge in [0.1, 0.15) is 5.78 Å². The summed E-state index contributed by atoms with van der Waals surface area (Å²) in [6, 6.07) is 0. The van der Waals surface area contributed by atoms with E-state index in [1.165, 1.54) is 18.7 Å². The van der Waals surface area contributed by atoms with E-state index in [0.29, 0.717) is 12.8 Å². The first-order valence-corrected chi connectivity index (χ1v) is 4.93. The van der Waals surface area contributed by atoms with Crippen LogP contribution in [0.25, 0.3) is 0 Å². The molecule has 0 heterocycles. The van der Waals surface area contributed by atoms with E-state index in [4.69, 9.17) is 10.2 Å². The fourth-order valence-electron chi connectivity index (χ4n) is 0.931. The third kappa shape index (κ3) is 11.0. The van der Waals surface area contributed by atoms with Crippen LogP contribution in [0.2, 0.25) is 0 Å². The number of carbonyl (C=O) groups excluding carboxylic acids is 1. The van der Waals surface area contributed by atoms with Gasteiger partial charge in [0, 0.05) is 44.4 Å². The van der Waals surface area contributed by atoms with Crippen molar-refractivity contribution >= 4 is 17.5 Å². The van der Waals surface area contributed by atoms with Crippen molar-refractivity contribution in [1.29, 1.82) is 0 Å². The minimum atomic E-state index is 0. The summed E-state index contributed by atoms with van der Waals surface area (Å²) in [4.78, 5) is 10.7. The van der Waals surface area contributed by atoms with Crippen LogP contribution < -0.4 is 0 Å². The van der Waals surface area contributed by atoms with E-state index in [2.05, 4.69) is 0 Å². The maximum absolute atomic E-state index is 10.7. The summed E-state index contributed by atoms with van der Waals surface area (Å²) in [5.74, 6) is 0.155. The van der Waals surface area contributed by atoms with Crippen LogP contribution in [0.5, 0.6) is 0 Å². The van der Waals surface area contributed by atoms with Crippen molar-refractivity contribution in [1.82, 2.24) is 0 Å². The zero-order valence-corrected chi connectivity index (χ0v) is 11.4. The average molecular weight is 280 g/mol. The maximum atomic E-state index is 10.7. The fraction of sp³-hybridized carbons (Fsp3) is 0.750. The monoisotopic (exact) mass is 280 g/mol. The Morgan fingerprint density at radius 1 is 1.62 bits per heavy atom. The molecule has 75 valence electrons. The molecule has 2 N–H and O–H groups in total. The molecule has 0 saturated heterocycles. The Morgan fingerprint density at radius 3 is 2.62 bits per heavy atom. The molecule has 5 heteroatoms. The fourth-order valence-corrected chi connectivity index (χ4v) is 1.80. The second-order valence-electron chi connectivity index (χ2n) is 2.58. The van der Waals surface area contributed by atoms with Crippen LogP contribution in [0.15, 0.2) is 0 Å². The molecular formula is C8H15O3SY-. The van der Waals surface area contributed by atoms with Gasteiger partial charge < -0.3 is 10.2 Å². The molecule has 1 unspecified atom stereocenters. The molecule has 1 atom stereocenters. The summed E-state index contributed by atoms with van der Waals surface area (Å²) in [7, 11) is 0. The summed E-state index contributed by atoms with van der Waals surface area (Å²) >= 11 is 1.35. The van der Waals surface area contributed by atoms with Crippen LogP contribution in [-0.4, -0.2) is 27.2 Å². The zero-order valence-electron chi connectivity index (χ0n) is 7.77. The molecule has 0 aliphatic rings. The quantitative estimate of drug-likeness (QED) is 0.545. The van der Waals surface area contributed by atoms with E-state index < -0.39 is 0 Å². The number of aliphatic hydroxyl groups is 2. The second kappa shape index (κ2) is 11.1. The Labute approximate surface area is 109 Å². The summed E-state index contributed by atoms with van der Waals surface area (Å²) in [6.07, 6.45) is 1.78. The SMILES string of the molecule is CC(=O)CC(CC[CH-]O)SCO.[Y]. The Kier molecular flexibility index (Phi) is 14.1. The van der Waals surface area contributed by atoms with E-state index in [0.717, 1.165) is 13.0 Å². The third-order valence-corrected chi connectivity index (χ3v) is 2.47. The van der Waals surface area contributed by atoms with Crippen molar-refractivity contribution in [2.45, 2.75) is 31.4 Å². The summed E-state index contributed by atoms with van der Waals surface area (Å²) in [5, 5.41) is 17.2. The molecule has 1 radical (unpaired) electrons. The van der Waals surface area contributed by atoms with Crippen LogP contribution in [-0.2, 0) is 37.5 Å². The molecule has 0 rings (SSSR count). The zero-order chi connectivity index (χ0) is 9.40. The summed E-state index contributed by atoms with van der Waals surface area (Å²) in [6.45, 7) is 2.62. The molecule has 0 bridgehead atoms. The van der Waals surface area contributed by atoms with Crippen molar-refractivity contribution in [3.05, 3.63) is 6.61 Å². The van der Waals surface area contributed by atoms with E-state index >= 15 is 0 Å².